The quantitative estimate of drug-likeness (QED) is 0.543. The molecule has 0 aliphatic rings. The molecule has 4 rings (SSSR count). The number of nitrogens with one attached hydrogen (secondary N) is 1. The average molecular weight is 406 g/mol. The number of benzene rings is 2. The van der Waals surface area contributed by atoms with Gasteiger partial charge >= 0.3 is 0 Å². The Labute approximate surface area is 171 Å². The number of aromatic nitrogens is 5. The number of aryl methyl sites for hydroxylation is 1. The van der Waals surface area contributed by atoms with Gasteiger partial charge in [-0.25, -0.2) is 4.68 Å². The Balaban J connectivity index is 1.61. The summed E-state index contributed by atoms with van der Waals surface area (Å²) in [4.78, 5) is 16.7. The minimum absolute atomic E-state index is 0.238. The van der Waals surface area contributed by atoms with Gasteiger partial charge in [-0.05, 0) is 43.7 Å². The standard InChI is InChI=1S/C20H18N6O2S/c1-12-9-10-16(28-3)15(11-12)26-13(2)17(23-25-26)18-21-20(29-24-18)22-19(27)14-7-5-4-6-8-14/h4-11H,1-3H3,(H,21,22,24,27). The van der Waals surface area contributed by atoms with Crippen LogP contribution in [0.25, 0.3) is 17.2 Å². The fourth-order valence-corrected chi connectivity index (χ4v) is 3.43. The maximum atomic E-state index is 12.3. The molecule has 0 atom stereocenters. The summed E-state index contributed by atoms with van der Waals surface area (Å²) in [7, 11) is 1.62. The van der Waals surface area contributed by atoms with Crippen molar-refractivity contribution in [2.24, 2.45) is 0 Å². The van der Waals surface area contributed by atoms with E-state index in [0.717, 1.165) is 28.5 Å². The van der Waals surface area contributed by atoms with E-state index in [2.05, 4.69) is 25.0 Å². The van der Waals surface area contributed by atoms with E-state index < -0.39 is 0 Å². The maximum absolute atomic E-state index is 12.3. The topological polar surface area (TPSA) is 94.8 Å². The van der Waals surface area contributed by atoms with Gasteiger partial charge in [0, 0.05) is 17.1 Å². The summed E-state index contributed by atoms with van der Waals surface area (Å²) in [6, 6.07) is 14.8. The Morgan fingerprint density at radius 3 is 2.69 bits per heavy atom. The Kier molecular flexibility index (Phi) is 5.05. The van der Waals surface area contributed by atoms with Crippen molar-refractivity contribution in [2.75, 3.05) is 12.4 Å². The van der Waals surface area contributed by atoms with Crippen molar-refractivity contribution < 1.29 is 9.53 Å². The van der Waals surface area contributed by atoms with Gasteiger partial charge in [0.25, 0.3) is 5.91 Å². The van der Waals surface area contributed by atoms with Crippen LogP contribution in [-0.4, -0.2) is 37.4 Å². The molecule has 4 aromatic rings. The highest BCUT2D eigenvalue weighted by atomic mass is 32.1. The Morgan fingerprint density at radius 1 is 1.14 bits per heavy atom. The number of hydrogen-bond donors (Lipinski definition) is 1. The van der Waals surface area contributed by atoms with Crippen molar-refractivity contribution >= 4 is 22.6 Å². The first-order valence-corrected chi connectivity index (χ1v) is 9.62. The zero-order chi connectivity index (χ0) is 20.4. The predicted octanol–water partition coefficient (Wildman–Crippen LogP) is 3.66. The SMILES string of the molecule is COc1ccc(C)cc1-n1nnc(-c2nsc(NC(=O)c3ccccc3)n2)c1C. The summed E-state index contributed by atoms with van der Waals surface area (Å²) >= 11 is 1.10. The molecule has 0 saturated carbocycles. The fraction of sp³-hybridized carbons (Fsp3) is 0.150. The van der Waals surface area contributed by atoms with Crippen LogP contribution in [0.4, 0.5) is 5.13 Å². The number of hydrogen-bond acceptors (Lipinski definition) is 7. The van der Waals surface area contributed by atoms with Crippen LogP contribution < -0.4 is 10.1 Å². The van der Waals surface area contributed by atoms with Crippen molar-refractivity contribution in [1.29, 1.82) is 0 Å². The molecule has 0 unspecified atom stereocenters. The molecular formula is C20H18N6O2S. The molecule has 29 heavy (non-hydrogen) atoms. The first kappa shape index (κ1) is 18.8. The van der Waals surface area contributed by atoms with Crippen LogP contribution in [0.15, 0.2) is 48.5 Å². The summed E-state index contributed by atoms with van der Waals surface area (Å²) in [5, 5.41) is 11.7. The van der Waals surface area contributed by atoms with Gasteiger partial charge in [-0.3, -0.25) is 10.1 Å². The molecule has 0 fully saturated rings. The molecule has 1 N–H and O–H groups in total. The van der Waals surface area contributed by atoms with E-state index >= 15 is 0 Å². The van der Waals surface area contributed by atoms with E-state index in [9.17, 15) is 4.79 Å². The molecule has 0 radical (unpaired) electrons. The molecule has 0 aliphatic carbocycles. The zero-order valence-electron chi connectivity index (χ0n) is 16.1. The molecule has 0 saturated heterocycles. The number of carbonyl (C=O) groups is 1. The van der Waals surface area contributed by atoms with Gasteiger partial charge in [-0.1, -0.05) is 29.5 Å². The molecule has 0 bridgehead atoms. The number of ether oxygens (including phenoxy) is 1. The molecule has 9 heteroatoms. The van der Waals surface area contributed by atoms with Gasteiger partial charge in [-0.2, -0.15) is 9.36 Å². The lowest BCUT2D eigenvalue weighted by Gasteiger charge is -2.10. The van der Waals surface area contributed by atoms with Crippen LogP contribution in [0.1, 0.15) is 21.6 Å². The number of carbonyl (C=O) groups excluding carboxylic acids is 1. The normalized spacial score (nSPS) is 10.7. The molecule has 146 valence electrons. The van der Waals surface area contributed by atoms with Gasteiger partial charge in [0.05, 0.1) is 12.8 Å². The molecule has 2 heterocycles. The van der Waals surface area contributed by atoms with Gasteiger partial charge < -0.3 is 4.74 Å². The highest BCUT2D eigenvalue weighted by molar-refractivity contribution is 7.10. The van der Waals surface area contributed by atoms with E-state index in [1.807, 2.05) is 50.2 Å². The van der Waals surface area contributed by atoms with Crippen molar-refractivity contribution in [3.63, 3.8) is 0 Å². The molecular weight excluding hydrogens is 388 g/mol. The summed E-state index contributed by atoms with van der Waals surface area (Å²) < 4.78 is 11.5. The van der Waals surface area contributed by atoms with Gasteiger partial charge in [0.2, 0.25) is 5.13 Å². The highest BCUT2D eigenvalue weighted by Crippen LogP contribution is 2.28. The Morgan fingerprint density at radius 2 is 1.93 bits per heavy atom. The summed E-state index contributed by atoms with van der Waals surface area (Å²) in [5.41, 5.74) is 3.74. The average Bonchev–Trinajstić information content (AvgIpc) is 3.34. The van der Waals surface area contributed by atoms with Crippen LogP contribution in [-0.2, 0) is 0 Å². The van der Waals surface area contributed by atoms with E-state index in [4.69, 9.17) is 4.74 Å². The van der Waals surface area contributed by atoms with Gasteiger partial charge in [0.15, 0.2) is 11.5 Å². The number of nitrogens with zero attached hydrogens (tertiary/aromatic N) is 5. The first-order valence-electron chi connectivity index (χ1n) is 8.84. The maximum Gasteiger partial charge on any atom is 0.257 e. The van der Waals surface area contributed by atoms with Crippen LogP contribution in [0.3, 0.4) is 0 Å². The predicted molar refractivity (Wildman–Crippen MR) is 111 cm³/mol. The van der Waals surface area contributed by atoms with E-state index in [1.54, 1.807) is 23.9 Å². The highest BCUT2D eigenvalue weighted by Gasteiger charge is 2.19. The Hall–Kier alpha value is -3.59. The monoisotopic (exact) mass is 406 g/mol. The second kappa shape index (κ2) is 7.80. The van der Waals surface area contributed by atoms with Gasteiger partial charge in [-0.15, -0.1) is 5.10 Å². The lowest BCUT2D eigenvalue weighted by Crippen LogP contribution is -2.11. The van der Waals surface area contributed by atoms with E-state index in [1.165, 1.54) is 0 Å². The second-order valence-electron chi connectivity index (χ2n) is 6.35. The van der Waals surface area contributed by atoms with Crippen molar-refractivity contribution in [2.45, 2.75) is 13.8 Å². The second-order valence-corrected chi connectivity index (χ2v) is 7.11. The smallest absolute Gasteiger partial charge is 0.257 e. The van der Waals surface area contributed by atoms with Crippen LogP contribution in [0.2, 0.25) is 0 Å². The van der Waals surface area contributed by atoms with Crippen molar-refractivity contribution in [3.05, 3.63) is 65.4 Å². The summed E-state index contributed by atoms with van der Waals surface area (Å²) in [5.74, 6) is 0.865. The molecule has 8 nitrogen and oxygen atoms in total. The summed E-state index contributed by atoms with van der Waals surface area (Å²) in [6.07, 6.45) is 0. The van der Waals surface area contributed by atoms with Crippen LogP contribution >= 0.6 is 11.5 Å². The lowest BCUT2D eigenvalue weighted by molar-refractivity contribution is 0.102. The first-order chi connectivity index (χ1) is 14.1. The number of rotatable bonds is 5. The number of anilines is 1. The third-order valence-corrected chi connectivity index (χ3v) is 4.98. The third kappa shape index (κ3) is 3.72. The van der Waals surface area contributed by atoms with Gasteiger partial charge in [0.1, 0.15) is 11.4 Å². The number of amides is 1. The van der Waals surface area contributed by atoms with Crippen molar-refractivity contribution in [3.8, 4) is 23.0 Å². The molecule has 1 amide bonds. The molecule has 2 aromatic heterocycles. The van der Waals surface area contributed by atoms with Crippen LogP contribution in [0.5, 0.6) is 5.75 Å². The largest absolute Gasteiger partial charge is 0.494 e. The zero-order valence-corrected chi connectivity index (χ0v) is 16.9. The fourth-order valence-electron chi connectivity index (χ4n) is 2.86. The number of methoxy groups -OCH3 is 1. The summed E-state index contributed by atoms with van der Waals surface area (Å²) in [6.45, 7) is 3.89. The van der Waals surface area contributed by atoms with E-state index in [-0.39, 0.29) is 5.91 Å². The van der Waals surface area contributed by atoms with Crippen LogP contribution in [0, 0.1) is 13.8 Å². The molecule has 0 spiro atoms. The third-order valence-electron chi connectivity index (χ3n) is 4.35. The molecule has 2 aromatic carbocycles. The van der Waals surface area contributed by atoms with E-state index in [0.29, 0.717) is 28.0 Å². The minimum Gasteiger partial charge on any atom is -0.494 e. The molecule has 0 aliphatic heterocycles. The van der Waals surface area contributed by atoms with Crippen molar-refractivity contribution in [1.82, 2.24) is 24.4 Å². The minimum atomic E-state index is -0.238. The Bertz CT molecular complexity index is 1170. The lowest BCUT2D eigenvalue weighted by atomic mass is 10.2.